The highest BCUT2D eigenvalue weighted by Gasteiger charge is 1.94. The van der Waals surface area contributed by atoms with Crippen LogP contribution in [0.4, 0.5) is 0 Å². The van der Waals surface area contributed by atoms with Crippen molar-refractivity contribution in [3.63, 3.8) is 0 Å². The fourth-order valence-corrected chi connectivity index (χ4v) is 2.13. The summed E-state index contributed by atoms with van der Waals surface area (Å²) in [6.45, 7) is 2.25. The summed E-state index contributed by atoms with van der Waals surface area (Å²) >= 11 is 6.56. The summed E-state index contributed by atoms with van der Waals surface area (Å²) in [5, 5.41) is 0. The third kappa shape index (κ3) is 10.3. The lowest BCUT2D eigenvalue weighted by molar-refractivity contribution is 0.604. The van der Waals surface area contributed by atoms with Gasteiger partial charge in [-0.05, 0) is 6.42 Å². The van der Waals surface area contributed by atoms with Crippen molar-refractivity contribution in [3.8, 4) is 0 Å². The Balaban J connectivity index is 2.95. The molecule has 0 spiro atoms. The molecule has 0 amide bonds. The fourth-order valence-electron chi connectivity index (χ4n) is 1.27. The van der Waals surface area contributed by atoms with Gasteiger partial charge in [0.25, 0.3) is 0 Å². The first-order valence-corrected chi connectivity index (χ1v) is 6.84. The molecule has 0 heterocycles. The minimum absolute atomic E-state index is 0.705. The summed E-state index contributed by atoms with van der Waals surface area (Å²) in [6.07, 6.45) is 9.43. The van der Waals surface area contributed by atoms with Crippen LogP contribution in [0.2, 0.25) is 0 Å². The molecule has 0 radical (unpaired) electrons. The van der Waals surface area contributed by atoms with Crippen LogP contribution < -0.4 is 11.3 Å². The van der Waals surface area contributed by atoms with Crippen LogP contribution in [-0.2, 0) is 0 Å². The van der Waals surface area contributed by atoms with Gasteiger partial charge in [0.15, 0.2) is 0 Å². The van der Waals surface area contributed by atoms with Crippen molar-refractivity contribution >= 4 is 28.3 Å². The van der Waals surface area contributed by atoms with Crippen molar-refractivity contribution in [1.82, 2.24) is 5.43 Å². The highest BCUT2D eigenvalue weighted by atomic mass is 32.2. The van der Waals surface area contributed by atoms with Gasteiger partial charge in [0.2, 0.25) is 0 Å². The zero-order valence-corrected chi connectivity index (χ0v) is 10.7. The van der Waals surface area contributed by atoms with Gasteiger partial charge in [0.1, 0.15) is 4.32 Å². The maximum absolute atomic E-state index is 5.16. The van der Waals surface area contributed by atoms with Crippen molar-refractivity contribution in [2.24, 2.45) is 5.84 Å². The van der Waals surface area contributed by atoms with E-state index >= 15 is 0 Å². The molecule has 0 bridgehead atoms. The largest absolute Gasteiger partial charge is 0.309 e. The van der Waals surface area contributed by atoms with Gasteiger partial charge in [0, 0.05) is 5.75 Å². The van der Waals surface area contributed by atoms with Crippen LogP contribution >= 0.6 is 24.0 Å². The number of nitrogens with two attached hydrogens (primary N) is 1. The summed E-state index contributed by atoms with van der Waals surface area (Å²) in [6, 6.07) is 0. The van der Waals surface area contributed by atoms with Gasteiger partial charge in [-0.25, -0.2) is 5.84 Å². The maximum atomic E-state index is 5.16. The molecule has 0 aromatic rings. The molecule has 4 heteroatoms. The van der Waals surface area contributed by atoms with Crippen LogP contribution in [0.3, 0.4) is 0 Å². The fraction of sp³-hybridized carbons (Fsp3) is 0.900. The standard InChI is InChI=1S/C10H22N2S2/c1-2-3-4-5-6-7-8-9-14-10(13)12-11/h2-9,11H2,1H3,(H,12,13). The van der Waals surface area contributed by atoms with Gasteiger partial charge < -0.3 is 5.43 Å². The van der Waals surface area contributed by atoms with E-state index in [1.165, 1.54) is 44.9 Å². The van der Waals surface area contributed by atoms with E-state index in [2.05, 4.69) is 12.3 Å². The lowest BCUT2D eigenvalue weighted by Gasteiger charge is -2.02. The summed E-state index contributed by atoms with van der Waals surface area (Å²) in [5.74, 6) is 6.25. The van der Waals surface area contributed by atoms with E-state index in [1.807, 2.05) is 0 Å². The Morgan fingerprint density at radius 3 is 2.29 bits per heavy atom. The molecule has 3 N–H and O–H groups in total. The average Bonchev–Trinajstić information content (AvgIpc) is 2.21. The number of hydrogen-bond donors (Lipinski definition) is 2. The quantitative estimate of drug-likeness (QED) is 0.293. The lowest BCUT2D eigenvalue weighted by Crippen LogP contribution is -2.25. The first-order valence-electron chi connectivity index (χ1n) is 5.44. The van der Waals surface area contributed by atoms with Gasteiger partial charge in [-0.1, -0.05) is 69.4 Å². The minimum atomic E-state index is 0.705. The molecule has 0 aromatic carbocycles. The third-order valence-corrected chi connectivity index (χ3v) is 3.44. The zero-order chi connectivity index (χ0) is 10.6. The number of nitrogens with one attached hydrogen (secondary N) is 1. The van der Waals surface area contributed by atoms with Crippen LogP contribution in [0, 0.1) is 0 Å². The smallest absolute Gasteiger partial charge is 0.147 e. The van der Waals surface area contributed by atoms with Crippen LogP contribution in [-0.4, -0.2) is 10.1 Å². The SMILES string of the molecule is CCCCCCCCCSC(=S)NN. The molecular weight excluding hydrogens is 212 g/mol. The Hall–Kier alpha value is 0.200. The second-order valence-corrected chi connectivity index (χ2v) is 5.17. The lowest BCUT2D eigenvalue weighted by atomic mass is 10.1. The molecule has 0 rings (SSSR count). The molecule has 0 fully saturated rings. The topological polar surface area (TPSA) is 38.0 Å². The van der Waals surface area contributed by atoms with E-state index in [0.29, 0.717) is 4.32 Å². The second-order valence-electron chi connectivity index (χ2n) is 3.40. The number of unbranched alkanes of at least 4 members (excludes halogenated alkanes) is 6. The monoisotopic (exact) mass is 234 g/mol. The minimum Gasteiger partial charge on any atom is -0.309 e. The van der Waals surface area contributed by atoms with E-state index in [-0.39, 0.29) is 0 Å². The van der Waals surface area contributed by atoms with Crippen LogP contribution in [0.25, 0.3) is 0 Å². The Kier molecular flexibility index (Phi) is 11.4. The molecule has 0 atom stereocenters. The van der Waals surface area contributed by atoms with E-state index in [0.717, 1.165) is 5.75 Å². The van der Waals surface area contributed by atoms with Crippen molar-refractivity contribution in [2.45, 2.75) is 51.9 Å². The van der Waals surface area contributed by atoms with Crippen molar-refractivity contribution in [1.29, 1.82) is 0 Å². The highest BCUT2D eigenvalue weighted by molar-refractivity contribution is 8.22. The number of rotatable bonds is 8. The van der Waals surface area contributed by atoms with Crippen LogP contribution in [0.5, 0.6) is 0 Å². The van der Waals surface area contributed by atoms with Gasteiger partial charge in [0.05, 0.1) is 0 Å². The van der Waals surface area contributed by atoms with Crippen LogP contribution in [0.1, 0.15) is 51.9 Å². The Labute approximate surface area is 97.4 Å². The molecule has 0 aliphatic heterocycles. The number of thioether (sulfide) groups is 1. The molecular formula is C10H22N2S2. The summed E-state index contributed by atoms with van der Waals surface area (Å²) in [4.78, 5) is 0. The first kappa shape index (κ1) is 14.2. The van der Waals surface area contributed by atoms with E-state index in [9.17, 15) is 0 Å². The Morgan fingerprint density at radius 1 is 1.14 bits per heavy atom. The normalized spacial score (nSPS) is 10.1. The Bertz CT molecular complexity index is 140. The predicted molar refractivity (Wildman–Crippen MR) is 70.4 cm³/mol. The summed E-state index contributed by atoms with van der Waals surface area (Å²) < 4.78 is 0.705. The maximum Gasteiger partial charge on any atom is 0.147 e. The number of thiocarbonyl (C=S) groups is 1. The molecule has 14 heavy (non-hydrogen) atoms. The molecule has 0 unspecified atom stereocenters. The summed E-state index contributed by atoms with van der Waals surface area (Å²) in [7, 11) is 0. The van der Waals surface area contributed by atoms with Crippen molar-refractivity contribution in [2.75, 3.05) is 5.75 Å². The number of hydrazine groups is 1. The zero-order valence-electron chi connectivity index (χ0n) is 9.05. The van der Waals surface area contributed by atoms with E-state index in [1.54, 1.807) is 11.8 Å². The highest BCUT2D eigenvalue weighted by Crippen LogP contribution is 2.10. The molecule has 0 saturated heterocycles. The molecule has 84 valence electrons. The van der Waals surface area contributed by atoms with Gasteiger partial charge in [-0.15, -0.1) is 0 Å². The van der Waals surface area contributed by atoms with E-state index in [4.69, 9.17) is 18.1 Å². The summed E-state index contributed by atoms with van der Waals surface area (Å²) in [5.41, 5.74) is 2.48. The molecule has 0 aliphatic carbocycles. The van der Waals surface area contributed by atoms with Gasteiger partial charge in [-0.3, -0.25) is 0 Å². The van der Waals surface area contributed by atoms with Crippen molar-refractivity contribution in [3.05, 3.63) is 0 Å². The van der Waals surface area contributed by atoms with E-state index < -0.39 is 0 Å². The van der Waals surface area contributed by atoms with Gasteiger partial charge >= 0.3 is 0 Å². The predicted octanol–water partition coefficient (Wildman–Crippen LogP) is 3.22. The average molecular weight is 234 g/mol. The second kappa shape index (κ2) is 11.3. The third-order valence-electron chi connectivity index (χ3n) is 2.10. The molecule has 0 aromatic heterocycles. The molecule has 0 saturated carbocycles. The van der Waals surface area contributed by atoms with Crippen LogP contribution in [0.15, 0.2) is 0 Å². The Morgan fingerprint density at radius 2 is 1.71 bits per heavy atom. The molecule has 2 nitrogen and oxygen atoms in total. The number of hydrogen-bond acceptors (Lipinski definition) is 3. The first-order chi connectivity index (χ1) is 6.81. The van der Waals surface area contributed by atoms with Gasteiger partial charge in [-0.2, -0.15) is 0 Å². The molecule has 0 aliphatic rings. The van der Waals surface area contributed by atoms with Crippen molar-refractivity contribution < 1.29 is 0 Å².